The normalized spacial score (nSPS) is 14.4. The van der Waals surface area contributed by atoms with E-state index < -0.39 is 0 Å². The van der Waals surface area contributed by atoms with Gasteiger partial charge in [-0.2, -0.15) is 0 Å². The molecule has 0 bridgehead atoms. The lowest BCUT2D eigenvalue weighted by molar-refractivity contribution is 0.357. The molecule has 0 radical (unpaired) electrons. The number of ether oxygens (including phenoxy) is 1. The van der Waals surface area contributed by atoms with Crippen LogP contribution in [0.1, 0.15) is 11.1 Å². The molecule has 1 aromatic carbocycles. The Hall–Kier alpha value is -1.28. The molecule has 1 N–H and O–H groups in total. The van der Waals surface area contributed by atoms with Crippen LogP contribution in [0.2, 0.25) is 0 Å². The Labute approximate surface area is 84.6 Å². The molecule has 14 heavy (non-hydrogen) atoms. The van der Waals surface area contributed by atoms with Crippen molar-refractivity contribution in [3.05, 3.63) is 35.4 Å². The highest BCUT2D eigenvalue weighted by Gasteiger charge is 2.10. The molecule has 2 nitrogen and oxygen atoms in total. The van der Waals surface area contributed by atoms with Gasteiger partial charge in [0.15, 0.2) is 0 Å². The van der Waals surface area contributed by atoms with E-state index in [0.29, 0.717) is 0 Å². The Morgan fingerprint density at radius 3 is 3.29 bits per heavy atom. The fraction of sp³-hybridized carbons (Fsp3) is 0.333. The van der Waals surface area contributed by atoms with Gasteiger partial charge in [-0.05, 0) is 30.3 Å². The molecule has 1 aliphatic rings. The van der Waals surface area contributed by atoms with Crippen molar-refractivity contribution in [3.8, 4) is 5.75 Å². The van der Waals surface area contributed by atoms with Gasteiger partial charge >= 0.3 is 0 Å². The molecule has 0 amide bonds. The lowest BCUT2D eigenvalue weighted by Gasteiger charge is -1.99. The molecule has 0 saturated carbocycles. The third-order valence-corrected chi connectivity index (χ3v) is 2.35. The van der Waals surface area contributed by atoms with Gasteiger partial charge in [0.05, 0.1) is 6.61 Å². The summed E-state index contributed by atoms with van der Waals surface area (Å²) in [5.74, 6) is 1.05. The van der Waals surface area contributed by atoms with Gasteiger partial charge in [0.2, 0.25) is 0 Å². The second kappa shape index (κ2) is 4.29. The van der Waals surface area contributed by atoms with Crippen molar-refractivity contribution in [3.63, 3.8) is 0 Å². The number of benzene rings is 1. The number of nitrogens with one attached hydrogen (secondary N) is 1. The monoisotopic (exact) mass is 189 g/mol. The molecule has 0 saturated heterocycles. The molecule has 0 fully saturated rings. The highest BCUT2D eigenvalue weighted by atomic mass is 16.5. The van der Waals surface area contributed by atoms with Crippen molar-refractivity contribution in [1.82, 2.24) is 5.32 Å². The fourth-order valence-corrected chi connectivity index (χ4v) is 1.62. The Balaban J connectivity index is 2.12. The average Bonchev–Trinajstić information content (AvgIpc) is 2.65. The number of hydrogen-bond donors (Lipinski definition) is 1. The van der Waals surface area contributed by atoms with Crippen LogP contribution in [0.4, 0.5) is 0 Å². The molecule has 0 aromatic heterocycles. The van der Waals surface area contributed by atoms with E-state index in [1.165, 1.54) is 11.1 Å². The van der Waals surface area contributed by atoms with E-state index in [2.05, 4.69) is 35.7 Å². The Morgan fingerprint density at radius 1 is 1.50 bits per heavy atom. The van der Waals surface area contributed by atoms with Crippen LogP contribution in [0, 0.1) is 0 Å². The number of rotatable bonds is 3. The van der Waals surface area contributed by atoms with E-state index in [1.54, 1.807) is 0 Å². The summed E-state index contributed by atoms with van der Waals surface area (Å²) in [4.78, 5) is 0. The second-order valence-corrected chi connectivity index (χ2v) is 3.43. The summed E-state index contributed by atoms with van der Waals surface area (Å²) in [5, 5.41) is 3.08. The van der Waals surface area contributed by atoms with Crippen molar-refractivity contribution in [2.45, 2.75) is 6.42 Å². The Kier molecular flexibility index (Phi) is 2.84. The largest absolute Gasteiger partial charge is 0.493 e. The van der Waals surface area contributed by atoms with Gasteiger partial charge in [-0.15, -0.1) is 0 Å². The summed E-state index contributed by atoms with van der Waals surface area (Å²) in [6.45, 7) is 1.74. The van der Waals surface area contributed by atoms with Crippen LogP contribution in [0.15, 0.2) is 24.3 Å². The van der Waals surface area contributed by atoms with Crippen LogP contribution < -0.4 is 10.1 Å². The van der Waals surface area contributed by atoms with Crippen molar-refractivity contribution in [2.24, 2.45) is 0 Å². The number of hydrogen-bond acceptors (Lipinski definition) is 2. The summed E-state index contributed by atoms with van der Waals surface area (Å²) in [6, 6.07) is 6.35. The van der Waals surface area contributed by atoms with Crippen LogP contribution >= 0.6 is 0 Å². The maximum atomic E-state index is 5.44. The minimum absolute atomic E-state index is 0.832. The lowest BCUT2D eigenvalue weighted by atomic mass is 10.1. The first-order chi connectivity index (χ1) is 6.90. The molecular formula is C12H15NO. The maximum Gasteiger partial charge on any atom is 0.122 e. The minimum atomic E-state index is 0.832. The van der Waals surface area contributed by atoms with Gasteiger partial charge < -0.3 is 10.1 Å². The second-order valence-electron chi connectivity index (χ2n) is 3.43. The van der Waals surface area contributed by atoms with Crippen LogP contribution in [-0.4, -0.2) is 20.2 Å². The zero-order chi connectivity index (χ0) is 9.80. The minimum Gasteiger partial charge on any atom is -0.493 e. The van der Waals surface area contributed by atoms with Gasteiger partial charge in [-0.1, -0.05) is 18.2 Å². The molecule has 74 valence electrons. The van der Waals surface area contributed by atoms with Crippen LogP contribution in [0.3, 0.4) is 0 Å². The smallest absolute Gasteiger partial charge is 0.122 e. The van der Waals surface area contributed by atoms with Crippen molar-refractivity contribution in [2.75, 3.05) is 20.2 Å². The molecular weight excluding hydrogens is 174 g/mol. The Morgan fingerprint density at radius 2 is 2.43 bits per heavy atom. The van der Waals surface area contributed by atoms with E-state index in [4.69, 9.17) is 4.74 Å². The zero-order valence-corrected chi connectivity index (χ0v) is 8.42. The summed E-state index contributed by atoms with van der Waals surface area (Å²) < 4.78 is 5.44. The van der Waals surface area contributed by atoms with Gasteiger partial charge in [0, 0.05) is 13.0 Å². The molecule has 1 aromatic rings. The van der Waals surface area contributed by atoms with E-state index >= 15 is 0 Å². The summed E-state index contributed by atoms with van der Waals surface area (Å²) in [5.41, 5.74) is 2.58. The standard InChI is InChI=1S/C12H15NO/c1-13-7-2-3-10-4-5-12-11(9-10)6-8-14-12/h2-5,9,13H,6-8H2,1H3/b3-2+. The molecule has 0 atom stereocenters. The SMILES string of the molecule is CNC/C=C/c1ccc2c(c1)CCO2. The number of likely N-dealkylation sites (N-methyl/N-ethyl adjacent to an activating group) is 1. The van der Waals surface area contributed by atoms with Crippen molar-refractivity contribution < 1.29 is 4.74 Å². The van der Waals surface area contributed by atoms with E-state index in [-0.39, 0.29) is 0 Å². The van der Waals surface area contributed by atoms with Gasteiger partial charge in [-0.3, -0.25) is 0 Å². The third-order valence-electron chi connectivity index (χ3n) is 2.35. The topological polar surface area (TPSA) is 21.3 Å². The van der Waals surface area contributed by atoms with Crippen molar-refractivity contribution >= 4 is 6.08 Å². The van der Waals surface area contributed by atoms with E-state index in [1.807, 2.05) is 7.05 Å². The van der Waals surface area contributed by atoms with Gasteiger partial charge in [0.25, 0.3) is 0 Å². The zero-order valence-electron chi connectivity index (χ0n) is 8.42. The van der Waals surface area contributed by atoms with Crippen molar-refractivity contribution in [1.29, 1.82) is 0 Å². The highest BCUT2D eigenvalue weighted by molar-refractivity contribution is 5.54. The first-order valence-electron chi connectivity index (χ1n) is 4.97. The predicted octanol–water partition coefficient (Wildman–Crippen LogP) is 1.85. The Bertz CT molecular complexity index is 344. The molecule has 2 heteroatoms. The average molecular weight is 189 g/mol. The predicted molar refractivity (Wildman–Crippen MR) is 58.6 cm³/mol. The fourth-order valence-electron chi connectivity index (χ4n) is 1.62. The van der Waals surface area contributed by atoms with Crippen LogP contribution in [-0.2, 0) is 6.42 Å². The summed E-state index contributed by atoms with van der Waals surface area (Å²) in [7, 11) is 1.95. The summed E-state index contributed by atoms with van der Waals surface area (Å²) in [6.07, 6.45) is 5.30. The van der Waals surface area contributed by atoms with Crippen LogP contribution in [0.25, 0.3) is 6.08 Å². The summed E-state index contributed by atoms with van der Waals surface area (Å²) >= 11 is 0. The first kappa shape index (κ1) is 9.28. The molecule has 0 spiro atoms. The molecule has 0 aliphatic carbocycles. The highest BCUT2D eigenvalue weighted by Crippen LogP contribution is 2.26. The quantitative estimate of drug-likeness (QED) is 0.783. The third kappa shape index (κ3) is 1.96. The first-order valence-corrected chi connectivity index (χ1v) is 4.97. The van der Waals surface area contributed by atoms with Crippen LogP contribution in [0.5, 0.6) is 5.75 Å². The van der Waals surface area contributed by atoms with Gasteiger partial charge in [-0.25, -0.2) is 0 Å². The molecule has 0 unspecified atom stereocenters. The molecule has 2 rings (SSSR count). The molecule has 1 aliphatic heterocycles. The lowest BCUT2D eigenvalue weighted by Crippen LogP contribution is -2.03. The van der Waals surface area contributed by atoms with E-state index in [9.17, 15) is 0 Å². The molecule has 1 heterocycles. The maximum absolute atomic E-state index is 5.44. The van der Waals surface area contributed by atoms with Gasteiger partial charge in [0.1, 0.15) is 5.75 Å². The van der Waals surface area contributed by atoms with E-state index in [0.717, 1.165) is 25.3 Å². The number of fused-ring (bicyclic) bond motifs is 1.